The molecule has 2 aliphatic heterocycles. The number of aryl methyl sites for hydroxylation is 1. The molecule has 1 N–H and O–H groups in total. The number of hydrogen-bond donors (Lipinski definition) is 1. The van der Waals surface area contributed by atoms with Crippen molar-refractivity contribution in [1.82, 2.24) is 9.80 Å². The minimum Gasteiger partial charge on any atom is -0.508 e. The highest BCUT2D eigenvalue weighted by atomic mass is 32.2. The normalized spacial score (nSPS) is 19.4. The summed E-state index contributed by atoms with van der Waals surface area (Å²) in [6.07, 6.45) is 1.83. The van der Waals surface area contributed by atoms with E-state index in [4.69, 9.17) is 12.2 Å². The van der Waals surface area contributed by atoms with Gasteiger partial charge in [-0.3, -0.25) is 14.6 Å². The van der Waals surface area contributed by atoms with Crippen molar-refractivity contribution in [1.29, 1.82) is 0 Å². The molecule has 0 atom stereocenters. The van der Waals surface area contributed by atoms with Crippen LogP contribution < -0.4 is 4.90 Å². The lowest BCUT2D eigenvalue weighted by molar-refractivity contribution is -0.123. The number of nitrogens with zero attached hydrogens (tertiary/aromatic N) is 3. The van der Waals surface area contributed by atoms with Crippen LogP contribution in [0.2, 0.25) is 0 Å². The zero-order valence-corrected chi connectivity index (χ0v) is 17.9. The van der Waals surface area contributed by atoms with E-state index in [1.54, 1.807) is 29.2 Å². The third kappa shape index (κ3) is 4.63. The second-order valence-corrected chi connectivity index (χ2v) is 8.96. The highest BCUT2D eigenvalue weighted by molar-refractivity contribution is 8.26. The van der Waals surface area contributed by atoms with E-state index in [0.29, 0.717) is 15.9 Å². The summed E-state index contributed by atoms with van der Waals surface area (Å²) < 4.78 is 0.598. The van der Waals surface area contributed by atoms with Gasteiger partial charge in [0.1, 0.15) is 10.1 Å². The average Bonchev–Trinajstić information content (AvgIpc) is 2.98. The molecule has 2 aromatic carbocycles. The molecule has 2 saturated heterocycles. The molecule has 2 heterocycles. The SMILES string of the molecule is Cc1cccc(N2CCN(CN3C(=O)/C(=C\c4ccc(O)cc4)SC3=S)CC2)c1. The molecular formula is C22H23N3O2S2. The maximum absolute atomic E-state index is 12.8. The van der Waals surface area contributed by atoms with Gasteiger partial charge in [0, 0.05) is 31.9 Å². The Morgan fingerprint density at radius 3 is 2.52 bits per heavy atom. The first-order chi connectivity index (χ1) is 14.0. The summed E-state index contributed by atoms with van der Waals surface area (Å²) in [5.41, 5.74) is 3.39. The van der Waals surface area contributed by atoms with Gasteiger partial charge in [-0.05, 0) is 48.4 Å². The average molecular weight is 426 g/mol. The van der Waals surface area contributed by atoms with Gasteiger partial charge in [0.2, 0.25) is 0 Å². The second-order valence-electron chi connectivity index (χ2n) is 7.29. The Kier molecular flexibility index (Phi) is 5.89. The van der Waals surface area contributed by atoms with Crippen LogP contribution in [0.4, 0.5) is 5.69 Å². The van der Waals surface area contributed by atoms with E-state index in [2.05, 4.69) is 41.0 Å². The van der Waals surface area contributed by atoms with Crippen molar-refractivity contribution >= 4 is 46.0 Å². The number of aromatic hydroxyl groups is 1. The minimum atomic E-state index is -0.0470. The Morgan fingerprint density at radius 2 is 1.83 bits per heavy atom. The number of amides is 1. The topological polar surface area (TPSA) is 47.0 Å². The molecule has 2 aliphatic rings. The lowest BCUT2D eigenvalue weighted by atomic mass is 10.2. The molecular weight excluding hydrogens is 402 g/mol. The quantitative estimate of drug-likeness (QED) is 0.596. The third-order valence-electron chi connectivity index (χ3n) is 5.14. The Bertz CT molecular complexity index is 951. The summed E-state index contributed by atoms with van der Waals surface area (Å²) >= 11 is 6.80. The number of phenols is 1. The van der Waals surface area contributed by atoms with Gasteiger partial charge in [-0.25, -0.2) is 0 Å². The number of rotatable bonds is 4. The molecule has 1 amide bonds. The summed E-state index contributed by atoms with van der Waals surface area (Å²) in [5.74, 6) is 0.161. The van der Waals surface area contributed by atoms with E-state index in [1.807, 2.05) is 6.08 Å². The van der Waals surface area contributed by atoms with Crippen molar-refractivity contribution in [3.8, 4) is 5.75 Å². The van der Waals surface area contributed by atoms with Crippen LogP contribution >= 0.6 is 24.0 Å². The van der Waals surface area contributed by atoms with E-state index in [1.165, 1.54) is 23.0 Å². The number of benzene rings is 2. The van der Waals surface area contributed by atoms with Crippen molar-refractivity contribution in [2.75, 3.05) is 37.7 Å². The minimum absolute atomic E-state index is 0.0470. The second kappa shape index (κ2) is 8.57. The molecule has 0 radical (unpaired) electrons. The van der Waals surface area contributed by atoms with Crippen molar-refractivity contribution in [2.45, 2.75) is 6.92 Å². The summed E-state index contributed by atoms with van der Waals surface area (Å²) in [5, 5.41) is 9.41. The molecule has 0 saturated carbocycles. The van der Waals surface area contributed by atoms with E-state index < -0.39 is 0 Å². The molecule has 0 aliphatic carbocycles. The fourth-order valence-corrected chi connectivity index (χ4v) is 4.76. The largest absolute Gasteiger partial charge is 0.508 e. The maximum Gasteiger partial charge on any atom is 0.267 e. The smallest absolute Gasteiger partial charge is 0.267 e. The fraction of sp³-hybridized carbons (Fsp3) is 0.273. The van der Waals surface area contributed by atoms with E-state index >= 15 is 0 Å². The van der Waals surface area contributed by atoms with E-state index in [-0.39, 0.29) is 11.7 Å². The first-order valence-corrected chi connectivity index (χ1v) is 10.8. The van der Waals surface area contributed by atoms with Crippen LogP contribution in [0, 0.1) is 6.92 Å². The first kappa shape index (κ1) is 19.9. The van der Waals surface area contributed by atoms with Gasteiger partial charge >= 0.3 is 0 Å². The van der Waals surface area contributed by atoms with E-state index in [0.717, 1.165) is 31.7 Å². The van der Waals surface area contributed by atoms with Crippen LogP contribution in [0.25, 0.3) is 6.08 Å². The van der Waals surface area contributed by atoms with Crippen LogP contribution in [0.15, 0.2) is 53.4 Å². The molecule has 7 heteroatoms. The van der Waals surface area contributed by atoms with Gasteiger partial charge < -0.3 is 10.0 Å². The molecule has 4 rings (SSSR count). The standard InChI is InChI=1S/C22H23N3O2S2/c1-16-3-2-4-18(13-16)24-11-9-23(10-12-24)15-25-21(27)20(29-22(25)28)14-17-5-7-19(26)8-6-17/h2-8,13-14,26H,9-12,15H2,1H3/b20-14+. The molecule has 0 aromatic heterocycles. The first-order valence-electron chi connectivity index (χ1n) is 9.58. The van der Waals surface area contributed by atoms with Crippen LogP contribution in [-0.4, -0.2) is 58.0 Å². The van der Waals surface area contributed by atoms with Crippen LogP contribution in [0.5, 0.6) is 5.75 Å². The highest BCUT2D eigenvalue weighted by Gasteiger charge is 2.33. The van der Waals surface area contributed by atoms with Crippen LogP contribution in [0.3, 0.4) is 0 Å². The summed E-state index contributed by atoms with van der Waals surface area (Å²) in [6, 6.07) is 15.4. The predicted octanol–water partition coefficient (Wildman–Crippen LogP) is 3.68. The van der Waals surface area contributed by atoms with Gasteiger partial charge in [-0.15, -0.1) is 0 Å². The van der Waals surface area contributed by atoms with Gasteiger partial charge in [0.05, 0.1) is 11.6 Å². The Morgan fingerprint density at radius 1 is 1.10 bits per heavy atom. The summed E-state index contributed by atoms with van der Waals surface area (Å²) in [4.78, 5) is 19.8. The fourth-order valence-electron chi connectivity index (χ4n) is 3.52. The van der Waals surface area contributed by atoms with Crippen molar-refractivity contribution in [3.05, 3.63) is 64.6 Å². The van der Waals surface area contributed by atoms with Gasteiger partial charge in [0.25, 0.3) is 5.91 Å². The lowest BCUT2D eigenvalue weighted by Crippen LogP contribution is -2.50. The van der Waals surface area contributed by atoms with Gasteiger partial charge in [-0.2, -0.15) is 0 Å². The summed E-state index contributed by atoms with van der Waals surface area (Å²) in [6.45, 7) is 6.28. The zero-order chi connectivity index (χ0) is 20.4. The number of phenolic OH excluding ortho intramolecular Hbond substituents is 1. The molecule has 0 unspecified atom stereocenters. The Labute approximate surface area is 180 Å². The van der Waals surface area contributed by atoms with Crippen LogP contribution in [0.1, 0.15) is 11.1 Å². The third-order valence-corrected chi connectivity index (χ3v) is 6.52. The Hall–Kier alpha value is -2.35. The number of carbonyl (C=O) groups excluding carboxylic acids is 1. The van der Waals surface area contributed by atoms with Gasteiger partial charge in [-0.1, -0.05) is 48.2 Å². The number of piperazine rings is 1. The monoisotopic (exact) mass is 425 g/mol. The summed E-state index contributed by atoms with van der Waals surface area (Å²) in [7, 11) is 0. The molecule has 29 heavy (non-hydrogen) atoms. The zero-order valence-electron chi connectivity index (χ0n) is 16.2. The van der Waals surface area contributed by atoms with E-state index in [9.17, 15) is 9.90 Å². The molecule has 2 aromatic rings. The number of thioether (sulfide) groups is 1. The maximum atomic E-state index is 12.8. The van der Waals surface area contributed by atoms with Gasteiger partial charge in [0.15, 0.2) is 0 Å². The number of hydrogen-bond acceptors (Lipinski definition) is 6. The lowest BCUT2D eigenvalue weighted by Gasteiger charge is -2.37. The van der Waals surface area contributed by atoms with Crippen molar-refractivity contribution in [3.63, 3.8) is 0 Å². The number of anilines is 1. The van der Waals surface area contributed by atoms with Crippen LogP contribution in [-0.2, 0) is 4.79 Å². The molecule has 0 bridgehead atoms. The molecule has 2 fully saturated rings. The van der Waals surface area contributed by atoms with Crippen molar-refractivity contribution in [2.24, 2.45) is 0 Å². The highest BCUT2D eigenvalue weighted by Crippen LogP contribution is 2.33. The number of carbonyl (C=O) groups is 1. The number of thiocarbonyl (C=S) groups is 1. The Balaban J connectivity index is 1.37. The van der Waals surface area contributed by atoms with Crippen molar-refractivity contribution < 1.29 is 9.90 Å². The predicted molar refractivity (Wildman–Crippen MR) is 123 cm³/mol. The molecule has 0 spiro atoms. The molecule has 150 valence electrons. The molecule has 5 nitrogen and oxygen atoms in total.